The summed E-state index contributed by atoms with van der Waals surface area (Å²) in [7, 11) is 0. The molecule has 0 atom stereocenters. The lowest BCUT2D eigenvalue weighted by atomic mass is 9.88. The second-order valence-electron chi connectivity index (χ2n) is 7.64. The van der Waals surface area contributed by atoms with Crippen molar-refractivity contribution >= 4 is 11.1 Å². The normalized spacial score (nSPS) is 15.9. The van der Waals surface area contributed by atoms with Gasteiger partial charge in [0, 0.05) is 11.1 Å². The summed E-state index contributed by atoms with van der Waals surface area (Å²) in [6, 6.07) is 21.5. The van der Waals surface area contributed by atoms with Gasteiger partial charge in [-0.2, -0.15) is 0 Å². The van der Waals surface area contributed by atoms with E-state index < -0.39 is 0 Å². The van der Waals surface area contributed by atoms with Crippen molar-refractivity contribution in [2.24, 2.45) is 0 Å². The fourth-order valence-electron chi connectivity index (χ4n) is 4.32. The van der Waals surface area contributed by atoms with Crippen molar-refractivity contribution in [3.63, 3.8) is 0 Å². The molecule has 0 bridgehead atoms. The fraction of sp³-hybridized carbons (Fsp3) is 0.143. The molecular weight excluding hydrogens is 350 g/mol. The largest absolute Gasteiger partial charge is 0.354 e. The predicted octanol–water partition coefficient (Wildman–Crippen LogP) is 7.82. The third-order valence-corrected chi connectivity index (χ3v) is 5.69. The molecule has 0 radical (unpaired) electrons. The number of aromatic amines is 1. The Kier molecular flexibility index (Phi) is 4.88. The number of benzene rings is 2. The summed E-state index contributed by atoms with van der Waals surface area (Å²) in [5.74, 6) is 0. The van der Waals surface area contributed by atoms with Crippen LogP contribution in [-0.2, 0) is 0 Å². The summed E-state index contributed by atoms with van der Waals surface area (Å²) in [6.45, 7) is 0. The first kappa shape index (κ1) is 17.8. The molecule has 2 aliphatic rings. The first-order valence-electron chi connectivity index (χ1n) is 10.5. The van der Waals surface area contributed by atoms with Gasteiger partial charge in [0.25, 0.3) is 0 Å². The van der Waals surface area contributed by atoms with Crippen LogP contribution < -0.4 is 0 Å². The molecule has 142 valence electrons. The SMILES string of the molecule is C1=CC(c2[nH]c(-c3ccccc3)c(-c3ccccc3)c2C2=CCCC=C2)=CCC1. The van der Waals surface area contributed by atoms with E-state index in [1.807, 2.05) is 0 Å². The van der Waals surface area contributed by atoms with E-state index in [1.54, 1.807) is 0 Å². The predicted molar refractivity (Wildman–Crippen MR) is 124 cm³/mol. The fourth-order valence-corrected chi connectivity index (χ4v) is 4.32. The van der Waals surface area contributed by atoms with E-state index in [0.29, 0.717) is 0 Å². The van der Waals surface area contributed by atoms with Gasteiger partial charge >= 0.3 is 0 Å². The molecule has 0 amide bonds. The monoisotopic (exact) mass is 375 g/mol. The third-order valence-electron chi connectivity index (χ3n) is 5.69. The molecule has 0 saturated carbocycles. The van der Waals surface area contributed by atoms with Gasteiger partial charge < -0.3 is 4.98 Å². The Morgan fingerprint density at radius 2 is 1.10 bits per heavy atom. The Morgan fingerprint density at radius 3 is 1.69 bits per heavy atom. The minimum atomic E-state index is 1.10. The zero-order valence-electron chi connectivity index (χ0n) is 16.6. The lowest BCUT2D eigenvalue weighted by Gasteiger charge is -2.14. The molecule has 5 rings (SSSR count). The van der Waals surface area contributed by atoms with E-state index in [9.17, 15) is 0 Å². The van der Waals surface area contributed by atoms with Crippen molar-refractivity contribution in [3.8, 4) is 22.4 Å². The molecule has 1 heterocycles. The van der Waals surface area contributed by atoms with E-state index in [1.165, 1.54) is 44.8 Å². The average molecular weight is 376 g/mol. The summed E-state index contributed by atoms with van der Waals surface area (Å²) in [5, 5.41) is 0. The quantitative estimate of drug-likeness (QED) is 0.478. The van der Waals surface area contributed by atoms with E-state index in [0.717, 1.165) is 25.7 Å². The lowest BCUT2D eigenvalue weighted by Crippen LogP contribution is -1.94. The molecular formula is C28H25N. The Balaban J connectivity index is 1.83. The van der Waals surface area contributed by atoms with Crippen LogP contribution in [0.25, 0.3) is 33.5 Å². The van der Waals surface area contributed by atoms with Gasteiger partial charge in [-0.05, 0) is 48.0 Å². The molecule has 0 fully saturated rings. The molecule has 29 heavy (non-hydrogen) atoms. The summed E-state index contributed by atoms with van der Waals surface area (Å²) in [4.78, 5) is 3.84. The maximum absolute atomic E-state index is 3.84. The maximum Gasteiger partial charge on any atom is 0.0544 e. The smallest absolute Gasteiger partial charge is 0.0544 e. The number of hydrogen-bond donors (Lipinski definition) is 1. The van der Waals surface area contributed by atoms with Gasteiger partial charge in [-0.3, -0.25) is 0 Å². The first-order valence-corrected chi connectivity index (χ1v) is 10.5. The zero-order valence-corrected chi connectivity index (χ0v) is 16.6. The summed E-state index contributed by atoms with van der Waals surface area (Å²) in [6.07, 6.45) is 18.4. The zero-order chi connectivity index (χ0) is 19.5. The van der Waals surface area contributed by atoms with E-state index in [2.05, 4.69) is 102 Å². The van der Waals surface area contributed by atoms with Crippen LogP contribution in [0, 0.1) is 0 Å². The van der Waals surface area contributed by atoms with Gasteiger partial charge in [0.2, 0.25) is 0 Å². The number of nitrogens with one attached hydrogen (secondary N) is 1. The highest BCUT2D eigenvalue weighted by atomic mass is 14.8. The van der Waals surface area contributed by atoms with Crippen molar-refractivity contribution in [1.82, 2.24) is 4.98 Å². The first-order chi connectivity index (χ1) is 14.4. The molecule has 1 heteroatoms. The van der Waals surface area contributed by atoms with Crippen LogP contribution in [0.2, 0.25) is 0 Å². The van der Waals surface area contributed by atoms with Crippen LogP contribution >= 0.6 is 0 Å². The van der Waals surface area contributed by atoms with Gasteiger partial charge in [-0.25, -0.2) is 0 Å². The van der Waals surface area contributed by atoms with Crippen molar-refractivity contribution in [1.29, 1.82) is 0 Å². The highest BCUT2D eigenvalue weighted by Crippen LogP contribution is 2.44. The van der Waals surface area contributed by atoms with Crippen molar-refractivity contribution < 1.29 is 0 Å². The Bertz CT molecular complexity index is 1120. The molecule has 3 aromatic rings. The second kappa shape index (κ2) is 7.97. The average Bonchev–Trinajstić information content (AvgIpc) is 3.22. The van der Waals surface area contributed by atoms with Crippen molar-refractivity contribution in [2.45, 2.75) is 25.7 Å². The van der Waals surface area contributed by atoms with Crippen LogP contribution in [-0.4, -0.2) is 4.98 Å². The Morgan fingerprint density at radius 1 is 0.517 bits per heavy atom. The number of hydrogen-bond acceptors (Lipinski definition) is 0. The van der Waals surface area contributed by atoms with Crippen LogP contribution in [0.1, 0.15) is 36.9 Å². The van der Waals surface area contributed by atoms with Crippen LogP contribution in [0.15, 0.2) is 97.1 Å². The minimum Gasteiger partial charge on any atom is -0.354 e. The highest BCUT2D eigenvalue weighted by Gasteiger charge is 2.23. The third kappa shape index (κ3) is 3.45. The van der Waals surface area contributed by atoms with Gasteiger partial charge in [0.05, 0.1) is 11.4 Å². The Hall–Kier alpha value is -3.32. The summed E-state index contributed by atoms with van der Waals surface area (Å²) >= 11 is 0. The lowest BCUT2D eigenvalue weighted by molar-refractivity contribution is 1.04. The van der Waals surface area contributed by atoms with Crippen LogP contribution in [0.4, 0.5) is 0 Å². The molecule has 2 aromatic carbocycles. The van der Waals surface area contributed by atoms with Crippen molar-refractivity contribution in [2.75, 3.05) is 0 Å². The number of aromatic nitrogens is 1. The highest BCUT2D eigenvalue weighted by molar-refractivity contribution is 5.99. The Labute approximate surface area is 172 Å². The maximum atomic E-state index is 3.84. The summed E-state index contributed by atoms with van der Waals surface area (Å²) < 4.78 is 0. The number of allylic oxidation sites excluding steroid dienone is 8. The van der Waals surface area contributed by atoms with E-state index in [4.69, 9.17) is 0 Å². The van der Waals surface area contributed by atoms with Gasteiger partial charge in [0.1, 0.15) is 0 Å². The molecule has 2 aliphatic carbocycles. The van der Waals surface area contributed by atoms with E-state index in [-0.39, 0.29) is 0 Å². The molecule has 0 saturated heterocycles. The van der Waals surface area contributed by atoms with Crippen molar-refractivity contribution in [3.05, 3.63) is 108 Å². The molecule has 1 N–H and O–H groups in total. The van der Waals surface area contributed by atoms with Gasteiger partial charge in [0.15, 0.2) is 0 Å². The molecule has 1 aromatic heterocycles. The van der Waals surface area contributed by atoms with Gasteiger partial charge in [-0.15, -0.1) is 0 Å². The second-order valence-corrected chi connectivity index (χ2v) is 7.64. The van der Waals surface area contributed by atoms with Crippen LogP contribution in [0.5, 0.6) is 0 Å². The standard InChI is InChI=1S/C28H25N/c1-5-13-21(14-6-1)25-26(22-15-7-2-8-16-22)28(24-19-11-4-12-20-24)29-27(25)23-17-9-3-10-18-23/h1,3,5-7,9-11,13-20,29H,2,4,8,12H2. The molecule has 0 unspecified atom stereocenters. The number of H-pyrrole nitrogens is 1. The molecule has 1 nitrogen and oxygen atoms in total. The van der Waals surface area contributed by atoms with Crippen LogP contribution in [0.3, 0.4) is 0 Å². The number of rotatable bonds is 4. The van der Waals surface area contributed by atoms with Gasteiger partial charge in [-0.1, -0.05) is 97.1 Å². The minimum absolute atomic E-state index is 1.10. The summed E-state index contributed by atoms with van der Waals surface area (Å²) in [5.41, 5.74) is 10.1. The molecule has 0 spiro atoms. The topological polar surface area (TPSA) is 15.8 Å². The molecule has 0 aliphatic heterocycles. The van der Waals surface area contributed by atoms with E-state index >= 15 is 0 Å².